The number of rotatable bonds is 0. The smallest absolute Gasteiger partial charge is 0.0436 e. The third-order valence-electron chi connectivity index (χ3n) is 2.02. The highest BCUT2D eigenvalue weighted by Crippen LogP contribution is 2.29. The van der Waals surface area contributed by atoms with Crippen molar-refractivity contribution in [3.63, 3.8) is 0 Å². The molecule has 1 aromatic rings. The number of nitrogens with one attached hydrogen (secondary N) is 1. The van der Waals surface area contributed by atoms with Crippen LogP contribution in [0.3, 0.4) is 0 Å². The van der Waals surface area contributed by atoms with Gasteiger partial charge < -0.3 is 5.41 Å². The van der Waals surface area contributed by atoms with Crippen LogP contribution in [-0.4, -0.2) is 5.71 Å². The molecule has 0 saturated carbocycles. The van der Waals surface area contributed by atoms with Crippen molar-refractivity contribution in [2.45, 2.75) is 6.42 Å². The Hall–Kier alpha value is -1.37. The van der Waals surface area contributed by atoms with Gasteiger partial charge in [-0.3, -0.25) is 0 Å². The summed E-state index contributed by atoms with van der Waals surface area (Å²) in [5.74, 6) is 0. The molecule has 0 unspecified atom stereocenters. The van der Waals surface area contributed by atoms with E-state index in [4.69, 9.17) is 5.41 Å². The standard InChI is InChI=1S/C10H9N/c1-7-6-10(11)9-5-3-2-4-8(7)9/h2-5,11H,1,6H2. The lowest BCUT2D eigenvalue weighted by Gasteiger charge is -1.95. The first-order valence-corrected chi connectivity index (χ1v) is 3.64. The van der Waals surface area contributed by atoms with Crippen molar-refractivity contribution in [2.75, 3.05) is 0 Å². The summed E-state index contributed by atoms with van der Waals surface area (Å²) < 4.78 is 0. The zero-order valence-corrected chi connectivity index (χ0v) is 6.22. The average Bonchev–Trinajstić information content (AvgIpc) is 2.30. The molecular formula is C10H9N. The van der Waals surface area contributed by atoms with Crippen LogP contribution < -0.4 is 0 Å². The molecule has 1 nitrogen and oxygen atoms in total. The molecule has 0 amide bonds. The summed E-state index contributed by atoms with van der Waals surface area (Å²) >= 11 is 0. The van der Waals surface area contributed by atoms with Gasteiger partial charge in [0.05, 0.1) is 0 Å². The third kappa shape index (κ3) is 0.811. The molecule has 1 aliphatic rings. The third-order valence-corrected chi connectivity index (χ3v) is 2.02. The van der Waals surface area contributed by atoms with E-state index >= 15 is 0 Å². The maximum Gasteiger partial charge on any atom is 0.0436 e. The lowest BCUT2D eigenvalue weighted by atomic mass is 10.1. The summed E-state index contributed by atoms with van der Waals surface area (Å²) in [5.41, 5.74) is 3.98. The van der Waals surface area contributed by atoms with Gasteiger partial charge in [0.15, 0.2) is 0 Å². The first-order valence-electron chi connectivity index (χ1n) is 3.64. The zero-order chi connectivity index (χ0) is 7.84. The predicted molar refractivity (Wildman–Crippen MR) is 46.9 cm³/mol. The van der Waals surface area contributed by atoms with Crippen LogP contribution in [0.15, 0.2) is 30.8 Å². The molecule has 0 aromatic heterocycles. The van der Waals surface area contributed by atoms with Crippen LogP contribution in [0.2, 0.25) is 0 Å². The molecule has 0 aliphatic heterocycles. The fraction of sp³-hybridized carbons (Fsp3) is 0.100. The topological polar surface area (TPSA) is 23.9 Å². The fourth-order valence-electron chi connectivity index (χ4n) is 1.46. The molecule has 1 heteroatoms. The highest BCUT2D eigenvalue weighted by molar-refractivity contribution is 6.12. The fourth-order valence-corrected chi connectivity index (χ4v) is 1.46. The molecule has 0 spiro atoms. The molecule has 0 radical (unpaired) electrons. The summed E-state index contributed by atoms with van der Waals surface area (Å²) in [7, 11) is 0. The van der Waals surface area contributed by atoms with Gasteiger partial charge in [0, 0.05) is 17.7 Å². The highest BCUT2D eigenvalue weighted by Gasteiger charge is 2.17. The number of benzene rings is 1. The second kappa shape index (κ2) is 2.06. The Balaban J connectivity index is 2.69. The maximum atomic E-state index is 7.60. The van der Waals surface area contributed by atoms with E-state index < -0.39 is 0 Å². The van der Waals surface area contributed by atoms with Crippen molar-refractivity contribution < 1.29 is 0 Å². The molecule has 11 heavy (non-hydrogen) atoms. The average molecular weight is 143 g/mol. The van der Waals surface area contributed by atoms with E-state index in [1.54, 1.807) is 0 Å². The molecule has 0 atom stereocenters. The van der Waals surface area contributed by atoms with Crippen molar-refractivity contribution in [3.05, 3.63) is 42.0 Å². The molecule has 0 saturated heterocycles. The Morgan fingerprint density at radius 2 is 1.82 bits per heavy atom. The highest BCUT2D eigenvalue weighted by atomic mass is 14.4. The van der Waals surface area contributed by atoms with E-state index in [2.05, 4.69) is 6.58 Å². The van der Waals surface area contributed by atoms with Crippen molar-refractivity contribution in [1.29, 1.82) is 5.41 Å². The summed E-state index contributed by atoms with van der Waals surface area (Å²) in [4.78, 5) is 0. The Bertz CT molecular complexity index is 303. The monoisotopic (exact) mass is 143 g/mol. The van der Waals surface area contributed by atoms with E-state index in [1.807, 2.05) is 24.3 Å². The summed E-state index contributed by atoms with van der Waals surface area (Å²) in [5, 5.41) is 7.60. The van der Waals surface area contributed by atoms with Gasteiger partial charge in [0.2, 0.25) is 0 Å². The molecule has 0 bridgehead atoms. The number of fused-ring (bicyclic) bond motifs is 1. The summed E-state index contributed by atoms with van der Waals surface area (Å²) in [6, 6.07) is 7.96. The van der Waals surface area contributed by atoms with Gasteiger partial charge in [-0.05, 0) is 11.1 Å². The van der Waals surface area contributed by atoms with Gasteiger partial charge in [-0.2, -0.15) is 0 Å². The minimum absolute atomic E-state index is 0.700. The van der Waals surface area contributed by atoms with Crippen LogP contribution in [0, 0.1) is 5.41 Å². The van der Waals surface area contributed by atoms with Crippen LogP contribution in [-0.2, 0) is 0 Å². The van der Waals surface area contributed by atoms with E-state index in [1.165, 1.54) is 0 Å². The lowest BCUT2D eigenvalue weighted by molar-refractivity contribution is 1.43. The maximum absolute atomic E-state index is 7.60. The van der Waals surface area contributed by atoms with Crippen molar-refractivity contribution in [3.8, 4) is 0 Å². The van der Waals surface area contributed by atoms with Crippen LogP contribution in [0.25, 0.3) is 5.57 Å². The Morgan fingerprint density at radius 1 is 1.18 bits per heavy atom. The first-order chi connectivity index (χ1) is 5.29. The van der Waals surface area contributed by atoms with E-state index in [-0.39, 0.29) is 0 Å². The van der Waals surface area contributed by atoms with Crippen molar-refractivity contribution in [1.82, 2.24) is 0 Å². The van der Waals surface area contributed by atoms with Gasteiger partial charge in [-0.15, -0.1) is 0 Å². The van der Waals surface area contributed by atoms with Gasteiger partial charge >= 0.3 is 0 Å². The molecule has 1 aliphatic carbocycles. The van der Waals surface area contributed by atoms with Gasteiger partial charge in [-0.25, -0.2) is 0 Å². The van der Waals surface area contributed by atoms with E-state index in [9.17, 15) is 0 Å². The normalized spacial score (nSPS) is 15.3. The minimum Gasteiger partial charge on any atom is -0.304 e. The molecule has 2 rings (SSSR count). The van der Waals surface area contributed by atoms with E-state index in [0.717, 1.165) is 23.1 Å². The zero-order valence-electron chi connectivity index (χ0n) is 6.22. The largest absolute Gasteiger partial charge is 0.304 e. The Kier molecular flexibility index (Phi) is 1.19. The molecule has 54 valence electrons. The van der Waals surface area contributed by atoms with Crippen LogP contribution in [0.5, 0.6) is 0 Å². The number of hydrogen-bond donors (Lipinski definition) is 1. The van der Waals surface area contributed by atoms with E-state index in [0.29, 0.717) is 5.71 Å². The van der Waals surface area contributed by atoms with Gasteiger partial charge in [0.1, 0.15) is 0 Å². The van der Waals surface area contributed by atoms with Gasteiger partial charge in [-0.1, -0.05) is 30.8 Å². The second-order valence-corrected chi connectivity index (χ2v) is 2.80. The Morgan fingerprint density at radius 3 is 2.45 bits per heavy atom. The number of hydrogen-bond acceptors (Lipinski definition) is 1. The second-order valence-electron chi connectivity index (χ2n) is 2.80. The van der Waals surface area contributed by atoms with Crippen LogP contribution in [0.1, 0.15) is 17.5 Å². The Labute approximate surface area is 65.9 Å². The minimum atomic E-state index is 0.700. The van der Waals surface area contributed by atoms with Gasteiger partial charge in [0.25, 0.3) is 0 Å². The van der Waals surface area contributed by atoms with Crippen LogP contribution >= 0.6 is 0 Å². The lowest BCUT2D eigenvalue weighted by Crippen LogP contribution is -1.89. The first kappa shape index (κ1) is 6.35. The van der Waals surface area contributed by atoms with Crippen molar-refractivity contribution in [2.24, 2.45) is 0 Å². The predicted octanol–water partition coefficient (Wildman–Crippen LogP) is 2.47. The summed E-state index contributed by atoms with van der Waals surface area (Å²) in [6.07, 6.45) is 0.722. The molecule has 0 fully saturated rings. The quantitative estimate of drug-likeness (QED) is 0.577. The molecule has 1 N–H and O–H groups in total. The molecular weight excluding hydrogens is 134 g/mol. The molecule has 0 heterocycles. The number of allylic oxidation sites excluding steroid dienone is 1. The van der Waals surface area contributed by atoms with Crippen LogP contribution in [0.4, 0.5) is 0 Å². The molecule has 1 aromatic carbocycles. The van der Waals surface area contributed by atoms with Crippen molar-refractivity contribution >= 4 is 11.3 Å². The SMILES string of the molecule is C=C1CC(=N)c2ccccc21. The summed E-state index contributed by atoms with van der Waals surface area (Å²) in [6.45, 7) is 3.91.